The minimum atomic E-state index is 0.773. The van der Waals surface area contributed by atoms with Gasteiger partial charge in [0.05, 0.1) is 0 Å². The standard InChI is InChI=1S/C12H27N3/c1-4-12-11-14(3)8-6-10-15(12)9-5-7-13-2/h12-13H,4-11H2,1-3H3. The van der Waals surface area contributed by atoms with E-state index in [0.717, 1.165) is 12.6 Å². The lowest BCUT2D eigenvalue weighted by molar-refractivity contribution is 0.181. The molecular formula is C12H27N3. The quantitative estimate of drug-likeness (QED) is 0.688. The molecule has 0 aromatic rings. The fourth-order valence-corrected chi connectivity index (χ4v) is 2.43. The molecule has 3 nitrogen and oxygen atoms in total. The second-order valence-corrected chi connectivity index (χ2v) is 4.67. The van der Waals surface area contributed by atoms with Gasteiger partial charge in [-0.2, -0.15) is 0 Å². The van der Waals surface area contributed by atoms with Crippen LogP contribution >= 0.6 is 0 Å². The van der Waals surface area contributed by atoms with E-state index in [4.69, 9.17) is 0 Å². The molecular weight excluding hydrogens is 186 g/mol. The molecule has 1 aliphatic heterocycles. The van der Waals surface area contributed by atoms with Gasteiger partial charge in [0.25, 0.3) is 0 Å². The van der Waals surface area contributed by atoms with Crippen LogP contribution in [0.4, 0.5) is 0 Å². The van der Waals surface area contributed by atoms with Crippen LogP contribution in [0, 0.1) is 0 Å². The lowest BCUT2D eigenvalue weighted by Crippen LogP contribution is -2.40. The highest BCUT2D eigenvalue weighted by Crippen LogP contribution is 2.11. The summed E-state index contributed by atoms with van der Waals surface area (Å²) >= 11 is 0. The fourth-order valence-electron chi connectivity index (χ4n) is 2.43. The molecule has 1 aliphatic rings. The third-order valence-corrected chi connectivity index (χ3v) is 3.37. The molecule has 1 heterocycles. The van der Waals surface area contributed by atoms with Crippen LogP contribution in [0.2, 0.25) is 0 Å². The molecule has 1 saturated heterocycles. The maximum absolute atomic E-state index is 3.23. The molecule has 15 heavy (non-hydrogen) atoms. The minimum Gasteiger partial charge on any atom is -0.320 e. The van der Waals surface area contributed by atoms with E-state index < -0.39 is 0 Å². The van der Waals surface area contributed by atoms with E-state index in [1.807, 2.05) is 7.05 Å². The Kier molecular flexibility index (Phi) is 6.22. The minimum absolute atomic E-state index is 0.773. The number of hydrogen-bond donors (Lipinski definition) is 1. The molecule has 0 spiro atoms. The summed E-state index contributed by atoms with van der Waals surface area (Å²) in [5, 5.41) is 3.23. The van der Waals surface area contributed by atoms with Crippen molar-refractivity contribution in [3.8, 4) is 0 Å². The van der Waals surface area contributed by atoms with Crippen molar-refractivity contribution < 1.29 is 0 Å². The molecule has 0 radical (unpaired) electrons. The maximum atomic E-state index is 3.23. The molecule has 0 saturated carbocycles. The fraction of sp³-hybridized carbons (Fsp3) is 1.00. The first kappa shape index (κ1) is 12.9. The zero-order valence-electron chi connectivity index (χ0n) is 10.6. The smallest absolute Gasteiger partial charge is 0.0220 e. The second kappa shape index (κ2) is 7.20. The van der Waals surface area contributed by atoms with Gasteiger partial charge in [-0.25, -0.2) is 0 Å². The number of hydrogen-bond acceptors (Lipinski definition) is 3. The van der Waals surface area contributed by atoms with Gasteiger partial charge in [0.2, 0.25) is 0 Å². The van der Waals surface area contributed by atoms with Gasteiger partial charge in [0.1, 0.15) is 0 Å². The monoisotopic (exact) mass is 213 g/mol. The third-order valence-electron chi connectivity index (χ3n) is 3.37. The Bertz CT molecular complexity index is 161. The van der Waals surface area contributed by atoms with E-state index in [1.165, 1.54) is 45.4 Å². The van der Waals surface area contributed by atoms with E-state index in [-0.39, 0.29) is 0 Å². The van der Waals surface area contributed by atoms with E-state index in [1.54, 1.807) is 0 Å². The van der Waals surface area contributed by atoms with Crippen LogP contribution in [0.3, 0.4) is 0 Å². The first-order valence-electron chi connectivity index (χ1n) is 6.35. The topological polar surface area (TPSA) is 18.5 Å². The van der Waals surface area contributed by atoms with Crippen molar-refractivity contribution in [1.29, 1.82) is 0 Å². The summed E-state index contributed by atoms with van der Waals surface area (Å²) in [5.41, 5.74) is 0. The predicted molar refractivity (Wildman–Crippen MR) is 66.3 cm³/mol. The van der Waals surface area contributed by atoms with Crippen LogP contribution in [0.5, 0.6) is 0 Å². The van der Waals surface area contributed by atoms with Gasteiger partial charge in [0, 0.05) is 12.6 Å². The van der Waals surface area contributed by atoms with Crippen molar-refractivity contribution in [2.45, 2.75) is 32.2 Å². The van der Waals surface area contributed by atoms with Crippen molar-refractivity contribution in [2.75, 3.05) is 46.8 Å². The molecule has 0 aromatic carbocycles. The van der Waals surface area contributed by atoms with Crippen molar-refractivity contribution in [3.05, 3.63) is 0 Å². The number of rotatable bonds is 5. The van der Waals surface area contributed by atoms with Gasteiger partial charge in [0.15, 0.2) is 0 Å². The zero-order chi connectivity index (χ0) is 11.1. The van der Waals surface area contributed by atoms with E-state index >= 15 is 0 Å². The normalized spacial score (nSPS) is 25.4. The summed E-state index contributed by atoms with van der Waals surface area (Å²) in [4.78, 5) is 5.16. The first-order valence-corrected chi connectivity index (χ1v) is 6.35. The summed E-state index contributed by atoms with van der Waals surface area (Å²) in [5.74, 6) is 0. The van der Waals surface area contributed by atoms with Crippen LogP contribution in [-0.2, 0) is 0 Å². The largest absolute Gasteiger partial charge is 0.320 e. The lowest BCUT2D eigenvalue weighted by Gasteiger charge is -2.30. The zero-order valence-corrected chi connectivity index (χ0v) is 10.6. The van der Waals surface area contributed by atoms with Gasteiger partial charge in [-0.3, -0.25) is 4.90 Å². The summed E-state index contributed by atoms with van der Waals surface area (Å²) in [6.45, 7) is 8.51. The van der Waals surface area contributed by atoms with Crippen LogP contribution in [0.25, 0.3) is 0 Å². The van der Waals surface area contributed by atoms with E-state index in [2.05, 4.69) is 29.1 Å². The highest BCUT2D eigenvalue weighted by atomic mass is 15.2. The van der Waals surface area contributed by atoms with Crippen molar-refractivity contribution in [3.63, 3.8) is 0 Å². The molecule has 1 rings (SSSR count). The van der Waals surface area contributed by atoms with Gasteiger partial charge >= 0.3 is 0 Å². The van der Waals surface area contributed by atoms with Gasteiger partial charge < -0.3 is 10.2 Å². The molecule has 1 N–H and O–H groups in total. The van der Waals surface area contributed by atoms with Crippen LogP contribution in [-0.4, -0.2) is 62.7 Å². The molecule has 3 heteroatoms. The molecule has 1 atom stereocenters. The van der Waals surface area contributed by atoms with Crippen LogP contribution in [0.15, 0.2) is 0 Å². The van der Waals surface area contributed by atoms with E-state index in [0.29, 0.717) is 0 Å². The van der Waals surface area contributed by atoms with Crippen molar-refractivity contribution >= 4 is 0 Å². The maximum Gasteiger partial charge on any atom is 0.0220 e. The Morgan fingerprint density at radius 1 is 1.33 bits per heavy atom. The highest BCUT2D eigenvalue weighted by Gasteiger charge is 2.20. The third kappa shape index (κ3) is 4.49. The molecule has 1 fully saturated rings. The first-order chi connectivity index (χ1) is 7.27. The Morgan fingerprint density at radius 3 is 2.80 bits per heavy atom. The molecule has 1 unspecified atom stereocenters. The predicted octanol–water partition coefficient (Wildman–Crippen LogP) is 1.01. The summed E-state index contributed by atoms with van der Waals surface area (Å²) < 4.78 is 0. The highest BCUT2D eigenvalue weighted by molar-refractivity contribution is 4.77. The summed E-state index contributed by atoms with van der Waals surface area (Å²) in [7, 11) is 4.28. The number of likely N-dealkylation sites (N-methyl/N-ethyl adjacent to an activating group) is 1. The molecule has 0 aromatic heterocycles. The van der Waals surface area contributed by atoms with Crippen LogP contribution in [0.1, 0.15) is 26.2 Å². The van der Waals surface area contributed by atoms with Crippen molar-refractivity contribution in [1.82, 2.24) is 15.1 Å². The average molecular weight is 213 g/mol. The summed E-state index contributed by atoms with van der Waals surface area (Å²) in [6, 6.07) is 0.773. The molecule has 0 bridgehead atoms. The molecule has 0 amide bonds. The molecule has 90 valence electrons. The van der Waals surface area contributed by atoms with Gasteiger partial charge in [-0.1, -0.05) is 6.92 Å². The van der Waals surface area contributed by atoms with Gasteiger partial charge in [-0.15, -0.1) is 0 Å². The van der Waals surface area contributed by atoms with Gasteiger partial charge in [-0.05, 0) is 59.5 Å². The Hall–Kier alpha value is -0.120. The number of nitrogens with one attached hydrogen (secondary N) is 1. The number of nitrogens with zero attached hydrogens (tertiary/aromatic N) is 2. The van der Waals surface area contributed by atoms with Crippen LogP contribution < -0.4 is 5.32 Å². The van der Waals surface area contributed by atoms with Crippen molar-refractivity contribution in [2.24, 2.45) is 0 Å². The Morgan fingerprint density at radius 2 is 2.13 bits per heavy atom. The lowest BCUT2D eigenvalue weighted by atomic mass is 10.2. The summed E-state index contributed by atoms with van der Waals surface area (Å²) in [6.07, 6.45) is 3.88. The molecule has 0 aliphatic carbocycles. The Labute approximate surface area is 94.8 Å². The van der Waals surface area contributed by atoms with E-state index in [9.17, 15) is 0 Å². The Balaban J connectivity index is 2.37. The average Bonchev–Trinajstić information content (AvgIpc) is 2.41. The second-order valence-electron chi connectivity index (χ2n) is 4.67. The SMILES string of the molecule is CCC1CN(C)CCCN1CCCNC.